The number of aryl methyl sites for hydroxylation is 1. The number of fused-ring (bicyclic) bond motifs is 3. The van der Waals surface area contributed by atoms with Crippen molar-refractivity contribution in [2.75, 3.05) is 5.73 Å². The Balaban J connectivity index is 1.92. The molecule has 0 unspecified atom stereocenters. The van der Waals surface area contributed by atoms with Crippen molar-refractivity contribution in [3.63, 3.8) is 0 Å². The Hall–Kier alpha value is -3.66. The van der Waals surface area contributed by atoms with Gasteiger partial charge < -0.3 is 25.2 Å². The molecule has 0 fully saturated rings. The zero-order valence-electron chi connectivity index (χ0n) is 24.9. The van der Waals surface area contributed by atoms with E-state index in [4.69, 9.17) is 20.2 Å². The number of carbonyl (C=O) groups excluding carboxylic acids is 1. The third kappa shape index (κ3) is 6.09. The molecule has 12 heteroatoms. The molecule has 4 aromatic rings. The number of anilines is 1. The van der Waals surface area contributed by atoms with E-state index in [-0.39, 0.29) is 29.8 Å². The lowest BCUT2D eigenvalue weighted by Crippen LogP contribution is -2.55. The van der Waals surface area contributed by atoms with Gasteiger partial charge in [0.25, 0.3) is 0 Å². The van der Waals surface area contributed by atoms with Crippen molar-refractivity contribution >= 4 is 41.5 Å². The number of aromatic hydroxyl groups is 1. The first-order valence-electron chi connectivity index (χ1n) is 14.1. The molecule has 2 heterocycles. The van der Waals surface area contributed by atoms with Crippen LogP contribution in [0.1, 0.15) is 77.8 Å². The summed E-state index contributed by atoms with van der Waals surface area (Å²) in [6.45, 7) is 12.2. The number of phenols is 1. The summed E-state index contributed by atoms with van der Waals surface area (Å²) in [4.78, 5) is 40.8. The van der Waals surface area contributed by atoms with Gasteiger partial charge in [-0.3, -0.25) is 14.6 Å². The Labute approximate surface area is 245 Å². The lowest BCUT2D eigenvalue weighted by atomic mass is 9.69. The highest BCUT2D eigenvalue weighted by Gasteiger charge is 2.39. The zero-order chi connectivity index (χ0) is 31.0. The molecule has 0 aliphatic rings. The van der Waals surface area contributed by atoms with Crippen LogP contribution in [0, 0.1) is 0 Å². The van der Waals surface area contributed by atoms with Gasteiger partial charge in [-0.25, -0.2) is 14.5 Å². The smallest absolute Gasteiger partial charge is 0.504 e. The molecule has 1 amide bonds. The summed E-state index contributed by atoms with van der Waals surface area (Å²) in [6.07, 6.45) is 2.81. The predicted octanol–water partition coefficient (Wildman–Crippen LogP) is 5.32. The van der Waals surface area contributed by atoms with Crippen molar-refractivity contribution in [2.24, 2.45) is 0 Å². The highest BCUT2D eigenvalue weighted by Crippen LogP contribution is 2.44. The maximum atomic E-state index is 12.3. The SMILES string of the molecule is CCCCc1nc2c(N)nc3cc(C(C)(C)C(C)(C)NC(=O)CC)ccc3c2n1Cc1cccc(O)c1OP(=O)(O)O. The lowest BCUT2D eigenvalue weighted by molar-refractivity contribution is -0.123. The number of phosphoric ester groups is 1. The monoisotopic (exact) mass is 597 g/mol. The number of nitrogens with two attached hydrogens (primary N) is 1. The number of imidazole rings is 1. The van der Waals surface area contributed by atoms with Gasteiger partial charge in [0.05, 0.1) is 17.6 Å². The van der Waals surface area contributed by atoms with E-state index >= 15 is 0 Å². The maximum Gasteiger partial charge on any atom is 0.524 e. The fraction of sp³-hybridized carbons (Fsp3) is 0.433. The molecular formula is C30H40N5O6P. The number of phenolic OH excluding ortho intramolecular Hbond substituents is 1. The van der Waals surface area contributed by atoms with E-state index in [2.05, 4.69) is 26.1 Å². The molecule has 4 rings (SSSR count). The number of nitrogens with one attached hydrogen (secondary N) is 1. The quantitative estimate of drug-likeness (QED) is 0.143. The van der Waals surface area contributed by atoms with Crippen molar-refractivity contribution in [1.82, 2.24) is 19.9 Å². The van der Waals surface area contributed by atoms with Crippen LogP contribution >= 0.6 is 7.82 Å². The van der Waals surface area contributed by atoms with E-state index in [0.717, 1.165) is 35.1 Å². The minimum absolute atomic E-state index is 0.0319. The van der Waals surface area contributed by atoms with Crippen molar-refractivity contribution in [1.29, 1.82) is 0 Å². The predicted molar refractivity (Wildman–Crippen MR) is 163 cm³/mol. The molecule has 2 aromatic heterocycles. The molecule has 42 heavy (non-hydrogen) atoms. The van der Waals surface area contributed by atoms with Gasteiger partial charge >= 0.3 is 7.82 Å². The number of rotatable bonds is 11. The number of benzene rings is 2. The van der Waals surface area contributed by atoms with E-state index in [9.17, 15) is 24.3 Å². The summed E-state index contributed by atoms with van der Waals surface area (Å²) < 4.78 is 18.5. The average molecular weight is 598 g/mol. The standard InChI is InChI=1S/C30H40N5O6P/c1-7-9-13-23-33-25-26(35(23)17-18-11-10-12-22(36)27(18)41-42(38,39)40)20-15-14-19(16-21(20)32-28(25)31)29(3,4)30(5,6)34-24(37)8-2/h10-12,14-16,36H,7-9,13,17H2,1-6H3,(H2,31,32)(H,34,37)(H2,38,39,40). The van der Waals surface area contributed by atoms with Crippen LogP contribution < -0.4 is 15.6 Å². The topological polar surface area (TPSA) is 173 Å². The van der Waals surface area contributed by atoms with Gasteiger partial charge in [0, 0.05) is 34.7 Å². The van der Waals surface area contributed by atoms with E-state index in [1.54, 1.807) is 12.1 Å². The highest BCUT2D eigenvalue weighted by molar-refractivity contribution is 7.46. The van der Waals surface area contributed by atoms with Crippen LogP contribution in [-0.2, 0) is 27.7 Å². The van der Waals surface area contributed by atoms with Crippen LogP contribution in [0.25, 0.3) is 21.9 Å². The second-order valence-corrected chi connectivity index (χ2v) is 12.8. The molecule has 0 atom stereocenters. The van der Waals surface area contributed by atoms with E-state index in [1.807, 2.05) is 43.5 Å². The first kappa shape index (κ1) is 31.3. The van der Waals surface area contributed by atoms with E-state index in [1.165, 1.54) is 6.07 Å². The van der Waals surface area contributed by atoms with Crippen LogP contribution in [0.4, 0.5) is 5.82 Å². The minimum atomic E-state index is -4.94. The molecule has 0 saturated carbocycles. The summed E-state index contributed by atoms with van der Waals surface area (Å²) in [7, 11) is -4.94. The summed E-state index contributed by atoms with van der Waals surface area (Å²) in [5.74, 6) is 0.277. The molecule has 0 aliphatic carbocycles. The molecule has 226 valence electrons. The number of hydrogen-bond donors (Lipinski definition) is 5. The molecular weight excluding hydrogens is 557 g/mol. The molecule has 0 aliphatic heterocycles. The number of pyridine rings is 1. The second kappa shape index (κ2) is 11.6. The van der Waals surface area contributed by atoms with Crippen LogP contribution in [-0.4, -0.2) is 40.9 Å². The molecule has 2 aromatic carbocycles. The second-order valence-electron chi connectivity index (χ2n) is 11.6. The summed E-state index contributed by atoms with van der Waals surface area (Å²) in [5.41, 5.74) is 8.66. The number of amides is 1. The van der Waals surface area contributed by atoms with E-state index in [0.29, 0.717) is 29.4 Å². The Morgan fingerprint density at radius 1 is 1.12 bits per heavy atom. The molecule has 0 saturated heterocycles. The highest BCUT2D eigenvalue weighted by atomic mass is 31.2. The number of nitrogens with zero attached hydrogens (tertiary/aromatic N) is 3. The van der Waals surface area contributed by atoms with Crippen molar-refractivity contribution < 1.29 is 28.8 Å². The Morgan fingerprint density at radius 3 is 2.48 bits per heavy atom. The largest absolute Gasteiger partial charge is 0.524 e. The number of phosphoric acid groups is 1. The Bertz CT molecular complexity index is 1690. The fourth-order valence-corrected chi connectivity index (χ4v) is 5.54. The summed E-state index contributed by atoms with van der Waals surface area (Å²) in [5, 5.41) is 14.3. The number of hydrogen-bond acceptors (Lipinski definition) is 7. The first-order chi connectivity index (χ1) is 19.6. The summed E-state index contributed by atoms with van der Waals surface area (Å²) in [6, 6.07) is 10.5. The van der Waals surface area contributed by atoms with Gasteiger partial charge in [-0.15, -0.1) is 0 Å². The third-order valence-corrected chi connectivity index (χ3v) is 8.63. The van der Waals surface area contributed by atoms with Crippen LogP contribution in [0.3, 0.4) is 0 Å². The normalized spacial score (nSPS) is 12.7. The third-order valence-electron chi connectivity index (χ3n) is 8.21. The zero-order valence-corrected chi connectivity index (χ0v) is 25.8. The van der Waals surface area contributed by atoms with Crippen molar-refractivity contribution in [3.05, 3.63) is 53.3 Å². The maximum absolute atomic E-state index is 12.3. The Morgan fingerprint density at radius 2 is 1.83 bits per heavy atom. The molecule has 6 N–H and O–H groups in total. The van der Waals surface area contributed by atoms with Gasteiger partial charge in [-0.2, -0.15) is 0 Å². The van der Waals surface area contributed by atoms with Gasteiger partial charge in [-0.1, -0.05) is 58.4 Å². The van der Waals surface area contributed by atoms with Gasteiger partial charge in [0.1, 0.15) is 11.3 Å². The van der Waals surface area contributed by atoms with Gasteiger partial charge in [0.15, 0.2) is 17.3 Å². The van der Waals surface area contributed by atoms with E-state index < -0.39 is 18.8 Å². The molecule has 0 bridgehead atoms. The first-order valence-corrected chi connectivity index (χ1v) is 15.6. The minimum Gasteiger partial charge on any atom is -0.504 e. The number of nitrogen functional groups attached to an aromatic ring is 1. The lowest BCUT2D eigenvalue weighted by Gasteiger charge is -2.43. The number of carbonyl (C=O) groups is 1. The van der Waals surface area contributed by atoms with Crippen molar-refractivity contribution in [2.45, 2.75) is 84.7 Å². The molecule has 0 spiro atoms. The van der Waals surface area contributed by atoms with Crippen LogP contribution in [0.5, 0.6) is 11.5 Å². The fourth-order valence-electron chi connectivity index (χ4n) is 5.09. The number of aromatic nitrogens is 3. The molecule has 0 radical (unpaired) electrons. The average Bonchev–Trinajstić information content (AvgIpc) is 3.26. The van der Waals surface area contributed by atoms with Crippen molar-refractivity contribution in [3.8, 4) is 11.5 Å². The van der Waals surface area contributed by atoms with Gasteiger partial charge in [0.2, 0.25) is 5.91 Å². The van der Waals surface area contributed by atoms with Gasteiger partial charge in [-0.05, 0) is 38.0 Å². The summed E-state index contributed by atoms with van der Waals surface area (Å²) >= 11 is 0. The molecule has 11 nitrogen and oxygen atoms in total. The van der Waals surface area contributed by atoms with Crippen LogP contribution in [0.2, 0.25) is 0 Å². The number of unbranched alkanes of at least 4 members (excludes halogenated alkanes) is 1. The Kier molecular flexibility index (Phi) is 8.60. The van der Waals surface area contributed by atoms with Crippen LogP contribution in [0.15, 0.2) is 36.4 Å². The number of para-hydroxylation sites is 1.